The Bertz CT molecular complexity index is 945. The predicted molar refractivity (Wildman–Crippen MR) is 113 cm³/mol. The van der Waals surface area contributed by atoms with E-state index in [-0.39, 0.29) is 18.6 Å². The van der Waals surface area contributed by atoms with Crippen LogP contribution in [0.25, 0.3) is 0 Å². The molecule has 0 radical (unpaired) electrons. The fourth-order valence-electron chi connectivity index (χ4n) is 2.74. The van der Waals surface area contributed by atoms with Crippen molar-refractivity contribution >= 4 is 29.6 Å². The molecule has 3 amide bonds. The van der Waals surface area contributed by atoms with Gasteiger partial charge in [-0.1, -0.05) is 6.07 Å². The van der Waals surface area contributed by atoms with E-state index in [1.165, 1.54) is 6.21 Å². The Hall–Kier alpha value is -3.68. The standard InChI is InChI=1S/C22H24N4O4/c1-14-9-15(2)11-18(10-14)24-20(27)13-30-19-7-3-16(4-8-19)12-23-26-22(29)21(28)25-17-5-6-17/h3-4,7-12,17H,5-6,13H2,1-2H3,(H,24,27)(H,25,28)(H,26,29)/b23-12-. The lowest BCUT2D eigenvalue weighted by Crippen LogP contribution is -2.38. The van der Waals surface area contributed by atoms with Crippen LogP contribution in [0.3, 0.4) is 0 Å². The molecule has 1 aliphatic rings. The van der Waals surface area contributed by atoms with Crippen LogP contribution in [0.15, 0.2) is 47.6 Å². The van der Waals surface area contributed by atoms with E-state index in [0.717, 1.165) is 29.7 Å². The third kappa shape index (κ3) is 6.73. The number of benzene rings is 2. The van der Waals surface area contributed by atoms with E-state index in [1.807, 2.05) is 32.0 Å². The Labute approximate surface area is 174 Å². The maximum absolute atomic E-state index is 12.1. The van der Waals surface area contributed by atoms with Gasteiger partial charge in [0.15, 0.2) is 6.61 Å². The predicted octanol–water partition coefficient (Wildman–Crippen LogP) is 2.05. The highest BCUT2D eigenvalue weighted by atomic mass is 16.5. The molecule has 0 unspecified atom stereocenters. The molecule has 0 spiro atoms. The lowest BCUT2D eigenvalue weighted by molar-refractivity contribution is -0.139. The fourth-order valence-corrected chi connectivity index (χ4v) is 2.74. The van der Waals surface area contributed by atoms with Crippen LogP contribution in [-0.4, -0.2) is 36.6 Å². The van der Waals surface area contributed by atoms with Gasteiger partial charge in [0.25, 0.3) is 5.91 Å². The average molecular weight is 408 g/mol. The summed E-state index contributed by atoms with van der Waals surface area (Å²) in [5, 5.41) is 9.15. The normalized spacial score (nSPS) is 13.0. The summed E-state index contributed by atoms with van der Waals surface area (Å²) in [6, 6.07) is 12.8. The van der Waals surface area contributed by atoms with E-state index < -0.39 is 11.8 Å². The number of ether oxygens (including phenoxy) is 1. The van der Waals surface area contributed by atoms with Gasteiger partial charge in [-0.25, -0.2) is 5.43 Å². The van der Waals surface area contributed by atoms with Gasteiger partial charge >= 0.3 is 11.8 Å². The number of anilines is 1. The smallest absolute Gasteiger partial charge is 0.329 e. The quantitative estimate of drug-likeness (QED) is 0.370. The number of nitrogens with zero attached hydrogens (tertiary/aromatic N) is 1. The summed E-state index contributed by atoms with van der Waals surface area (Å²) >= 11 is 0. The van der Waals surface area contributed by atoms with Crippen molar-refractivity contribution < 1.29 is 19.1 Å². The molecular weight excluding hydrogens is 384 g/mol. The molecule has 8 nitrogen and oxygen atoms in total. The Morgan fingerprint density at radius 2 is 1.70 bits per heavy atom. The molecule has 1 aliphatic carbocycles. The first-order valence-corrected chi connectivity index (χ1v) is 9.64. The molecule has 0 aliphatic heterocycles. The summed E-state index contributed by atoms with van der Waals surface area (Å²) in [6.45, 7) is 3.82. The zero-order valence-corrected chi connectivity index (χ0v) is 16.9. The van der Waals surface area contributed by atoms with Gasteiger partial charge in [0.2, 0.25) is 0 Å². The van der Waals surface area contributed by atoms with Crippen LogP contribution in [-0.2, 0) is 14.4 Å². The van der Waals surface area contributed by atoms with Crippen LogP contribution in [0.1, 0.15) is 29.5 Å². The van der Waals surface area contributed by atoms with Crippen molar-refractivity contribution in [3.05, 3.63) is 59.2 Å². The first-order chi connectivity index (χ1) is 14.4. The molecule has 0 saturated heterocycles. The number of carbonyl (C=O) groups is 3. The average Bonchev–Trinajstić information content (AvgIpc) is 3.50. The number of amides is 3. The van der Waals surface area contributed by atoms with E-state index in [9.17, 15) is 14.4 Å². The number of hydrazone groups is 1. The van der Waals surface area contributed by atoms with Crippen LogP contribution in [0.4, 0.5) is 5.69 Å². The number of hydrogen-bond donors (Lipinski definition) is 3. The summed E-state index contributed by atoms with van der Waals surface area (Å²) in [6.07, 6.45) is 3.23. The molecule has 3 N–H and O–H groups in total. The molecule has 1 saturated carbocycles. The van der Waals surface area contributed by atoms with Crippen LogP contribution < -0.4 is 20.8 Å². The Morgan fingerprint density at radius 3 is 2.33 bits per heavy atom. The number of hydrogen-bond acceptors (Lipinski definition) is 5. The summed E-state index contributed by atoms with van der Waals surface area (Å²) in [5.74, 6) is -1.21. The van der Waals surface area contributed by atoms with Gasteiger partial charge in [0.05, 0.1) is 6.21 Å². The Morgan fingerprint density at radius 1 is 1.03 bits per heavy atom. The van der Waals surface area contributed by atoms with Gasteiger partial charge in [-0.3, -0.25) is 14.4 Å². The molecule has 156 valence electrons. The van der Waals surface area contributed by atoms with E-state index >= 15 is 0 Å². The molecular formula is C22H24N4O4. The molecule has 2 aromatic rings. The first kappa shape index (κ1) is 21.0. The Kier molecular flexibility index (Phi) is 6.79. The van der Waals surface area contributed by atoms with Crippen molar-refractivity contribution in [3.63, 3.8) is 0 Å². The molecule has 8 heteroatoms. The largest absolute Gasteiger partial charge is 0.484 e. The highest BCUT2D eigenvalue weighted by Gasteiger charge is 2.26. The number of nitrogens with one attached hydrogen (secondary N) is 3. The number of carbonyl (C=O) groups excluding carboxylic acids is 3. The molecule has 30 heavy (non-hydrogen) atoms. The zero-order valence-electron chi connectivity index (χ0n) is 16.9. The highest BCUT2D eigenvalue weighted by molar-refractivity contribution is 6.35. The molecule has 2 aromatic carbocycles. The molecule has 0 aromatic heterocycles. The maximum atomic E-state index is 12.1. The molecule has 0 heterocycles. The van der Waals surface area contributed by atoms with Crippen LogP contribution in [0.2, 0.25) is 0 Å². The second-order valence-corrected chi connectivity index (χ2v) is 7.23. The Balaban J connectivity index is 1.42. The molecule has 0 bridgehead atoms. The minimum Gasteiger partial charge on any atom is -0.484 e. The topological polar surface area (TPSA) is 109 Å². The van der Waals surface area contributed by atoms with Crippen molar-refractivity contribution in [2.45, 2.75) is 32.7 Å². The minimum atomic E-state index is -0.798. The van der Waals surface area contributed by atoms with Gasteiger partial charge in [-0.2, -0.15) is 5.10 Å². The highest BCUT2D eigenvalue weighted by Crippen LogP contribution is 2.18. The van der Waals surface area contributed by atoms with Crippen molar-refractivity contribution in [2.24, 2.45) is 5.10 Å². The van der Waals surface area contributed by atoms with Crippen molar-refractivity contribution in [1.29, 1.82) is 0 Å². The SMILES string of the molecule is Cc1cc(C)cc(NC(=O)COc2ccc(/C=N\NC(=O)C(=O)NC3CC3)cc2)c1. The second kappa shape index (κ2) is 9.69. The van der Waals surface area contributed by atoms with Crippen molar-refractivity contribution in [3.8, 4) is 5.75 Å². The monoisotopic (exact) mass is 408 g/mol. The second-order valence-electron chi connectivity index (χ2n) is 7.23. The van der Waals surface area contributed by atoms with Crippen LogP contribution in [0, 0.1) is 13.8 Å². The third-order valence-electron chi connectivity index (χ3n) is 4.25. The summed E-state index contributed by atoms with van der Waals surface area (Å²) in [5.41, 5.74) is 5.76. The van der Waals surface area contributed by atoms with Gasteiger partial charge in [0.1, 0.15) is 5.75 Å². The third-order valence-corrected chi connectivity index (χ3v) is 4.25. The van der Waals surface area contributed by atoms with Gasteiger partial charge in [0, 0.05) is 11.7 Å². The van der Waals surface area contributed by atoms with E-state index in [1.54, 1.807) is 24.3 Å². The van der Waals surface area contributed by atoms with E-state index in [4.69, 9.17) is 4.74 Å². The number of rotatable bonds is 7. The fraction of sp³-hybridized carbons (Fsp3) is 0.273. The van der Waals surface area contributed by atoms with Crippen molar-refractivity contribution in [2.75, 3.05) is 11.9 Å². The molecule has 0 atom stereocenters. The van der Waals surface area contributed by atoms with Crippen LogP contribution in [0.5, 0.6) is 5.75 Å². The lowest BCUT2D eigenvalue weighted by Gasteiger charge is -2.09. The summed E-state index contributed by atoms with van der Waals surface area (Å²) in [4.78, 5) is 35.2. The maximum Gasteiger partial charge on any atom is 0.329 e. The van der Waals surface area contributed by atoms with Crippen molar-refractivity contribution in [1.82, 2.24) is 10.7 Å². The first-order valence-electron chi connectivity index (χ1n) is 9.64. The van der Waals surface area contributed by atoms with Gasteiger partial charge in [-0.05, 0) is 79.8 Å². The van der Waals surface area contributed by atoms with Gasteiger partial charge < -0.3 is 15.4 Å². The summed E-state index contributed by atoms with van der Waals surface area (Å²) < 4.78 is 5.49. The molecule has 1 fully saturated rings. The summed E-state index contributed by atoms with van der Waals surface area (Å²) in [7, 11) is 0. The van der Waals surface area contributed by atoms with Gasteiger partial charge in [-0.15, -0.1) is 0 Å². The minimum absolute atomic E-state index is 0.114. The van der Waals surface area contributed by atoms with Crippen LogP contribution >= 0.6 is 0 Å². The lowest BCUT2D eigenvalue weighted by atomic mass is 10.1. The van der Waals surface area contributed by atoms with E-state index in [0.29, 0.717) is 11.3 Å². The van der Waals surface area contributed by atoms with E-state index in [2.05, 4.69) is 21.2 Å². The zero-order chi connectivity index (χ0) is 21.5. The number of aryl methyl sites for hydroxylation is 2. The molecule has 3 rings (SSSR count).